The molecular weight excluding hydrogens is 222 g/mol. The predicted octanol–water partition coefficient (Wildman–Crippen LogP) is 3.70. The minimum absolute atomic E-state index is 0. The van der Waals surface area contributed by atoms with E-state index in [9.17, 15) is 0 Å². The Morgan fingerprint density at radius 2 is 1.81 bits per heavy atom. The maximum atomic E-state index is 6.09. The summed E-state index contributed by atoms with van der Waals surface area (Å²) in [5.74, 6) is 0.888. The first kappa shape index (κ1) is 15.3. The second-order valence-electron chi connectivity index (χ2n) is 3.88. The first-order chi connectivity index (χ1) is 7.27. The van der Waals surface area contributed by atoms with Crippen molar-refractivity contribution >= 4 is 12.4 Å². The SMILES string of the molecule is CCCCC[C@@H](N)c1ccc(OC)cc1.Cl. The lowest BCUT2D eigenvalue weighted by atomic mass is 10.0. The van der Waals surface area contributed by atoms with Gasteiger partial charge in [-0.25, -0.2) is 0 Å². The summed E-state index contributed by atoms with van der Waals surface area (Å²) in [4.78, 5) is 0. The van der Waals surface area contributed by atoms with E-state index in [1.165, 1.54) is 24.8 Å². The van der Waals surface area contributed by atoms with E-state index in [4.69, 9.17) is 10.5 Å². The number of hydrogen-bond donors (Lipinski definition) is 1. The number of ether oxygens (including phenoxy) is 1. The molecule has 0 aromatic heterocycles. The van der Waals surface area contributed by atoms with Crippen molar-refractivity contribution in [2.45, 2.75) is 38.6 Å². The molecule has 0 spiro atoms. The number of halogens is 1. The molecule has 1 aromatic carbocycles. The highest BCUT2D eigenvalue weighted by atomic mass is 35.5. The highest BCUT2D eigenvalue weighted by Crippen LogP contribution is 2.20. The number of unbranched alkanes of at least 4 members (excludes halogenated alkanes) is 2. The van der Waals surface area contributed by atoms with Gasteiger partial charge in [-0.3, -0.25) is 0 Å². The van der Waals surface area contributed by atoms with Gasteiger partial charge in [0.1, 0.15) is 5.75 Å². The van der Waals surface area contributed by atoms with E-state index in [-0.39, 0.29) is 18.4 Å². The van der Waals surface area contributed by atoms with Crippen LogP contribution in [0.25, 0.3) is 0 Å². The quantitative estimate of drug-likeness (QED) is 0.774. The van der Waals surface area contributed by atoms with E-state index in [0.717, 1.165) is 12.2 Å². The monoisotopic (exact) mass is 243 g/mol. The van der Waals surface area contributed by atoms with Crippen molar-refractivity contribution in [3.63, 3.8) is 0 Å². The third-order valence-electron chi connectivity index (χ3n) is 2.66. The van der Waals surface area contributed by atoms with Crippen LogP contribution in [0.3, 0.4) is 0 Å². The van der Waals surface area contributed by atoms with E-state index in [1.807, 2.05) is 12.1 Å². The molecule has 0 unspecified atom stereocenters. The van der Waals surface area contributed by atoms with Crippen LogP contribution in [0, 0.1) is 0 Å². The molecule has 2 nitrogen and oxygen atoms in total. The number of hydrogen-bond acceptors (Lipinski definition) is 2. The van der Waals surface area contributed by atoms with E-state index >= 15 is 0 Å². The van der Waals surface area contributed by atoms with Gasteiger partial charge in [0, 0.05) is 6.04 Å². The second kappa shape index (κ2) is 8.43. The first-order valence-corrected chi connectivity index (χ1v) is 5.67. The molecule has 0 heterocycles. The summed E-state index contributed by atoms with van der Waals surface area (Å²) in [6, 6.07) is 8.21. The van der Waals surface area contributed by atoms with Crippen molar-refractivity contribution < 1.29 is 4.74 Å². The fourth-order valence-electron chi connectivity index (χ4n) is 1.63. The molecule has 1 atom stereocenters. The lowest BCUT2D eigenvalue weighted by Crippen LogP contribution is -2.09. The van der Waals surface area contributed by atoms with Crippen molar-refractivity contribution in [2.24, 2.45) is 5.73 Å². The standard InChI is InChI=1S/C13H21NO.ClH/c1-3-4-5-6-13(14)11-7-9-12(15-2)10-8-11;/h7-10,13H,3-6,14H2,1-2H3;1H/t13-;/m1./s1. The highest BCUT2D eigenvalue weighted by Gasteiger charge is 2.05. The number of methoxy groups -OCH3 is 1. The molecule has 16 heavy (non-hydrogen) atoms. The van der Waals surface area contributed by atoms with Crippen molar-refractivity contribution in [2.75, 3.05) is 7.11 Å². The maximum Gasteiger partial charge on any atom is 0.118 e. The number of nitrogens with two attached hydrogens (primary N) is 1. The number of rotatable bonds is 6. The predicted molar refractivity (Wildman–Crippen MR) is 71.3 cm³/mol. The van der Waals surface area contributed by atoms with Gasteiger partial charge >= 0.3 is 0 Å². The average Bonchev–Trinajstić information content (AvgIpc) is 2.29. The molecule has 0 saturated carbocycles. The topological polar surface area (TPSA) is 35.2 Å². The Kier molecular flexibility index (Phi) is 8.04. The molecule has 3 heteroatoms. The average molecular weight is 244 g/mol. The highest BCUT2D eigenvalue weighted by molar-refractivity contribution is 5.85. The molecule has 0 aliphatic carbocycles. The van der Waals surface area contributed by atoms with E-state index in [1.54, 1.807) is 7.11 Å². The van der Waals surface area contributed by atoms with Gasteiger partial charge in [-0.15, -0.1) is 12.4 Å². The van der Waals surface area contributed by atoms with Crippen molar-refractivity contribution in [3.8, 4) is 5.75 Å². The Morgan fingerprint density at radius 3 is 2.31 bits per heavy atom. The number of benzene rings is 1. The molecule has 0 saturated heterocycles. The molecule has 0 fully saturated rings. The van der Waals surface area contributed by atoms with E-state index in [2.05, 4.69) is 19.1 Å². The summed E-state index contributed by atoms with van der Waals surface area (Å²) in [6.07, 6.45) is 4.79. The summed E-state index contributed by atoms with van der Waals surface area (Å²) in [7, 11) is 1.68. The van der Waals surface area contributed by atoms with Crippen molar-refractivity contribution in [1.82, 2.24) is 0 Å². The van der Waals surface area contributed by atoms with Crippen LogP contribution < -0.4 is 10.5 Å². The van der Waals surface area contributed by atoms with Gasteiger partial charge in [0.2, 0.25) is 0 Å². The second-order valence-corrected chi connectivity index (χ2v) is 3.88. The van der Waals surface area contributed by atoms with Gasteiger partial charge in [0.15, 0.2) is 0 Å². The minimum atomic E-state index is 0. The lowest BCUT2D eigenvalue weighted by Gasteiger charge is -2.12. The van der Waals surface area contributed by atoms with E-state index in [0.29, 0.717) is 0 Å². The Morgan fingerprint density at radius 1 is 1.19 bits per heavy atom. The van der Waals surface area contributed by atoms with Crippen LogP contribution in [-0.4, -0.2) is 7.11 Å². The Hall–Kier alpha value is -0.730. The lowest BCUT2D eigenvalue weighted by molar-refractivity contribution is 0.414. The Bertz CT molecular complexity index is 274. The molecule has 0 radical (unpaired) electrons. The van der Waals surface area contributed by atoms with Crippen molar-refractivity contribution in [1.29, 1.82) is 0 Å². The largest absolute Gasteiger partial charge is 0.497 e. The molecule has 92 valence electrons. The fourth-order valence-corrected chi connectivity index (χ4v) is 1.63. The van der Waals surface area contributed by atoms with Gasteiger partial charge in [-0.1, -0.05) is 38.3 Å². The minimum Gasteiger partial charge on any atom is -0.497 e. The van der Waals surface area contributed by atoms with Gasteiger partial charge in [0.25, 0.3) is 0 Å². The van der Waals surface area contributed by atoms with Gasteiger partial charge < -0.3 is 10.5 Å². The molecule has 0 bridgehead atoms. The van der Waals surface area contributed by atoms with Crippen LogP contribution >= 0.6 is 12.4 Å². The molecule has 0 amide bonds. The molecule has 2 N–H and O–H groups in total. The van der Waals surface area contributed by atoms with Crippen LogP contribution in [-0.2, 0) is 0 Å². The first-order valence-electron chi connectivity index (χ1n) is 5.67. The molecule has 0 aliphatic heterocycles. The summed E-state index contributed by atoms with van der Waals surface area (Å²) >= 11 is 0. The molecule has 1 rings (SSSR count). The third-order valence-corrected chi connectivity index (χ3v) is 2.66. The van der Waals surface area contributed by atoms with Gasteiger partial charge in [-0.2, -0.15) is 0 Å². The van der Waals surface area contributed by atoms with E-state index < -0.39 is 0 Å². The Balaban J connectivity index is 0.00000225. The zero-order chi connectivity index (χ0) is 11.1. The summed E-state index contributed by atoms with van der Waals surface area (Å²) in [5, 5.41) is 0. The summed E-state index contributed by atoms with van der Waals surface area (Å²) < 4.78 is 5.11. The van der Waals surface area contributed by atoms with Gasteiger partial charge in [0.05, 0.1) is 7.11 Å². The summed E-state index contributed by atoms with van der Waals surface area (Å²) in [6.45, 7) is 2.21. The van der Waals surface area contributed by atoms with Crippen LogP contribution in [0.5, 0.6) is 5.75 Å². The fraction of sp³-hybridized carbons (Fsp3) is 0.538. The normalized spacial score (nSPS) is 11.7. The molecule has 0 aliphatic rings. The van der Waals surface area contributed by atoms with Crippen LogP contribution in [0.1, 0.15) is 44.2 Å². The third kappa shape index (κ3) is 4.86. The van der Waals surface area contributed by atoms with Crippen LogP contribution in [0.2, 0.25) is 0 Å². The molecular formula is C13H22ClNO. The Labute approximate surface area is 105 Å². The smallest absolute Gasteiger partial charge is 0.118 e. The van der Waals surface area contributed by atoms with Crippen LogP contribution in [0.4, 0.5) is 0 Å². The zero-order valence-electron chi connectivity index (χ0n) is 10.1. The maximum absolute atomic E-state index is 6.09. The zero-order valence-corrected chi connectivity index (χ0v) is 10.9. The van der Waals surface area contributed by atoms with Gasteiger partial charge in [-0.05, 0) is 24.1 Å². The van der Waals surface area contributed by atoms with Crippen molar-refractivity contribution in [3.05, 3.63) is 29.8 Å². The van der Waals surface area contributed by atoms with Crippen LogP contribution in [0.15, 0.2) is 24.3 Å². The molecule has 1 aromatic rings. The summed E-state index contributed by atoms with van der Waals surface area (Å²) in [5.41, 5.74) is 7.29.